The number of alkyl halides is 3. The van der Waals surface area contributed by atoms with Crippen molar-refractivity contribution in [2.45, 2.75) is 38.0 Å². The number of hydrogen-bond donors (Lipinski definition) is 5. The Balaban J connectivity index is 1.72. The van der Waals surface area contributed by atoms with Crippen LogP contribution >= 0.6 is 0 Å². The molecule has 0 aliphatic carbocycles. The molecule has 9 nitrogen and oxygen atoms in total. The summed E-state index contributed by atoms with van der Waals surface area (Å²) >= 11 is 0. The Morgan fingerprint density at radius 1 is 1.12 bits per heavy atom. The summed E-state index contributed by atoms with van der Waals surface area (Å²) in [6.45, 7) is 1.52. The monoisotopic (exact) mass is 576 g/mol. The molecule has 0 spiro atoms. The van der Waals surface area contributed by atoms with Gasteiger partial charge in [-0.15, -0.1) is 0 Å². The first-order chi connectivity index (χ1) is 19.3. The summed E-state index contributed by atoms with van der Waals surface area (Å²) in [6.07, 6.45) is -1.53. The number of nitrogen functional groups attached to an aromatic ring is 1. The van der Waals surface area contributed by atoms with E-state index < -0.39 is 58.6 Å². The van der Waals surface area contributed by atoms with Crippen molar-refractivity contribution in [3.05, 3.63) is 82.9 Å². The van der Waals surface area contributed by atoms with Gasteiger partial charge < -0.3 is 26.8 Å². The molecule has 6 N–H and O–H groups in total. The Bertz CT molecular complexity index is 1500. The highest BCUT2D eigenvalue weighted by Gasteiger charge is 2.39. The number of halogens is 5. The minimum absolute atomic E-state index is 0.00478. The van der Waals surface area contributed by atoms with E-state index in [0.29, 0.717) is 19.4 Å². The lowest BCUT2D eigenvalue weighted by Crippen LogP contribution is -2.43. The average molecular weight is 577 g/mol. The summed E-state index contributed by atoms with van der Waals surface area (Å²) in [4.78, 5) is 34.6. The summed E-state index contributed by atoms with van der Waals surface area (Å²) in [5.41, 5.74) is 1.90. The number of carbonyl (C=O) groups is 2. The van der Waals surface area contributed by atoms with E-state index in [4.69, 9.17) is 5.73 Å². The van der Waals surface area contributed by atoms with Crippen LogP contribution in [0.3, 0.4) is 0 Å². The van der Waals surface area contributed by atoms with Crippen LogP contribution < -0.4 is 21.7 Å². The Morgan fingerprint density at radius 2 is 1.88 bits per heavy atom. The van der Waals surface area contributed by atoms with Gasteiger partial charge in [-0.1, -0.05) is 12.1 Å². The largest absolute Gasteiger partial charge is 0.509 e. The van der Waals surface area contributed by atoms with Crippen molar-refractivity contribution >= 4 is 23.3 Å². The van der Waals surface area contributed by atoms with Crippen LogP contribution in [-0.4, -0.2) is 39.0 Å². The number of nitrogens with zero attached hydrogens (tertiary/aromatic N) is 2. The van der Waals surface area contributed by atoms with Crippen LogP contribution in [0.1, 0.15) is 30.9 Å². The van der Waals surface area contributed by atoms with Crippen LogP contribution in [-0.2, 0) is 22.3 Å². The van der Waals surface area contributed by atoms with E-state index in [1.165, 1.54) is 12.1 Å². The van der Waals surface area contributed by atoms with E-state index in [1.54, 1.807) is 6.92 Å². The van der Waals surface area contributed by atoms with Gasteiger partial charge in [0.2, 0.25) is 0 Å². The van der Waals surface area contributed by atoms with Crippen molar-refractivity contribution in [3.63, 3.8) is 0 Å². The molecule has 1 aromatic heterocycles. The van der Waals surface area contributed by atoms with Crippen LogP contribution in [0, 0.1) is 11.6 Å². The summed E-state index contributed by atoms with van der Waals surface area (Å²) in [7, 11) is 0. The third-order valence-corrected chi connectivity index (χ3v) is 6.60. The molecule has 14 heteroatoms. The number of rotatable bonds is 7. The maximum Gasteiger partial charge on any atom is 0.416 e. The van der Waals surface area contributed by atoms with Crippen molar-refractivity contribution in [2.24, 2.45) is 0 Å². The molecule has 41 heavy (non-hydrogen) atoms. The number of aromatic nitrogens is 2. The van der Waals surface area contributed by atoms with E-state index >= 15 is 0 Å². The van der Waals surface area contributed by atoms with Crippen molar-refractivity contribution in [2.75, 3.05) is 17.6 Å². The zero-order chi connectivity index (χ0) is 29.9. The van der Waals surface area contributed by atoms with Gasteiger partial charge in [-0.3, -0.25) is 14.6 Å². The fraction of sp³-hybridized carbons (Fsp3) is 0.259. The molecular formula is C27H25F5N6O3. The molecule has 0 saturated carbocycles. The van der Waals surface area contributed by atoms with E-state index in [2.05, 4.69) is 25.9 Å². The van der Waals surface area contributed by atoms with Crippen molar-refractivity contribution in [3.8, 4) is 11.3 Å². The van der Waals surface area contributed by atoms with Crippen molar-refractivity contribution in [1.29, 1.82) is 0 Å². The number of nitrogens with two attached hydrogens (primary N) is 1. The quantitative estimate of drug-likeness (QED) is 0.0932. The highest BCUT2D eigenvalue weighted by atomic mass is 19.4. The third kappa shape index (κ3) is 6.43. The number of carbonyl (C=O) groups excluding carboxylic acids is 2. The van der Waals surface area contributed by atoms with E-state index in [-0.39, 0.29) is 28.3 Å². The lowest BCUT2D eigenvalue weighted by Gasteiger charge is -2.26. The van der Waals surface area contributed by atoms with Gasteiger partial charge in [0.25, 0.3) is 11.8 Å². The summed E-state index contributed by atoms with van der Waals surface area (Å²) < 4.78 is 68.2. The molecule has 1 aliphatic rings. The molecular weight excluding hydrogens is 551 g/mol. The molecule has 4 rings (SSSR count). The van der Waals surface area contributed by atoms with Crippen LogP contribution in [0.25, 0.3) is 11.3 Å². The normalized spacial score (nSPS) is 17.6. The standard InChI is InChI=1S/C27H25F5N6O3/c1-26(8-3-9-37-26)23(39)21(24(40)36-11-14-4-2-5-17(28)22(14)29)25(41)38-18-7-6-15(27(30,31)32)10-16(18)19-12-35-20(33)13-34-19/h2,4-7,10,12-13,37,39H,3,8-9,11H2,1H3,(H2,33,35)(H,36,40)(H,38,41)/b23-21-/t26-/m1/s1. The summed E-state index contributed by atoms with van der Waals surface area (Å²) in [6, 6.07) is 5.79. The molecule has 2 amide bonds. The number of nitrogens with one attached hydrogen (secondary N) is 3. The molecule has 2 aromatic carbocycles. The fourth-order valence-corrected chi connectivity index (χ4v) is 4.34. The summed E-state index contributed by atoms with van der Waals surface area (Å²) in [5, 5.41) is 18.8. The average Bonchev–Trinajstić information content (AvgIpc) is 3.37. The fourth-order valence-electron chi connectivity index (χ4n) is 4.34. The van der Waals surface area contributed by atoms with Gasteiger partial charge in [-0.2, -0.15) is 13.2 Å². The Morgan fingerprint density at radius 3 is 2.51 bits per heavy atom. The molecule has 0 radical (unpaired) electrons. The second-order valence-corrected chi connectivity index (χ2v) is 9.52. The van der Waals surface area contributed by atoms with Gasteiger partial charge in [-0.05, 0) is 50.6 Å². The Kier molecular flexibility index (Phi) is 8.24. The molecule has 2 heterocycles. The SMILES string of the molecule is C[C@]1(/C(O)=C(\C(=O)NCc2cccc(F)c2F)C(=O)Nc2ccc(C(F)(F)F)cc2-c2cnc(N)cn2)CCCN1. The second kappa shape index (κ2) is 11.5. The zero-order valence-electron chi connectivity index (χ0n) is 21.6. The minimum Gasteiger partial charge on any atom is -0.509 e. The van der Waals surface area contributed by atoms with E-state index in [1.807, 2.05) is 0 Å². The van der Waals surface area contributed by atoms with Crippen molar-refractivity contribution < 1.29 is 36.6 Å². The lowest BCUT2D eigenvalue weighted by atomic mass is 9.93. The molecule has 1 fully saturated rings. The molecule has 1 atom stereocenters. The number of amides is 2. The number of benzene rings is 2. The van der Waals surface area contributed by atoms with Gasteiger partial charge in [0, 0.05) is 17.7 Å². The highest BCUT2D eigenvalue weighted by Crippen LogP contribution is 2.36. The summed E-state index contributed by atoms with van der Waals surface area (Å²) in [5.74, 6) is -5.26. The first kappa shape index (κ1) is 29.4. The van der Waals surface area contributed by atoms with Gasteiger partial charge in [-0.25, -0.2) is 13.8 Å². The van der Waals surface area contributed by atoms with Gasteiger partial charge in [0.05, 0.1) is 34.9 Å². The smallest absolute Gasteiger partial charge is 0.416 e. The first-order valence-corrected chi connectivity index (χ1v) is 12.3. The molecule has 0 unspecified atom stereocenters. The van der Waals surface area contributed by atoms with Crippen LogP contribution in [0.15, 0.2) is 60.1 Å². The molecule has 216 valence electrons. The predicted molar refractivity (Wildman–Crippen MR) is 139 cm³/mol. The molecule has 1 aliphatic heterocycles. The van der Waals surface area contributed by atoms with Gasteiger partial charge in [0.1, 0.15) is 17.2 Å². The molecule has 1 saturated heterocycles. The zero-order valence-corrected chi connectivity index (χ0v) is 21.6. The number of hydrogen-bond acceptors (Lipinski definition) is 7. The van der Waals surface area contributed by atoms with Crippen LogP contribution in [0.4, 0.5) is 33.5 Å². The Labute approximate surface area is 230 Å². The highest BCUT2D eigenvalue weighted by molar-refractivity contribution is 6.23. The van der Waals surface area contributed by atoms with E-state index in [0.717, 1.165) is 36.7 Å². The lowest BCUT2D eigenvalue weighted by molar-refractivity contribution is -0.137. The van der Waals surface area contributed by atoms with Crippen LogP contribution in [0.5, 0.6) is 0 Å². The maximum absolute atomic E-state index is 14.1. The minimum atomic E-state index is -4.73. The topological polar surface area (TPSA) is 142 Å². The van der Waals surface area contributed by atoms with E-state index in [9.17, 15) is 36.6 Å². The molecule has 0 bridgehead atoms. The number of aliphatic hydroxyl groups is 1. The Hall–Kier alpha value is -4.59. The number of aliphatic hydroxyl groups excluding tert-OH is 1. The predicted octanol–water partition coefficient (Wildman–Crippen LogP) is 4.23. The maximum atomic E-state index is 14.1. The van der Waals surface area contributed by atoms with Gasteiger partial charge in [0.15, 0.2) is 11.6 Å². The third-order valence-electron chi connectivity index (χ3n) is 6.60. The molecule has 3 aromatic rings. The second-order valence-electron chi connectivity index (χ2n) is 9.52. The van der Waals surface area contributed by atoms with Gasteiger partial charge >= 0.3 is 6.18 Å². The van der Waals surface area contributed by atoms with Crippen LogP contribution in [0.2, 0.25) is 0 Å². The number of anilines is 2. The first-order valence-electron chi connectivity index (χ1n) is 12.3. The van der Waals surface area contributed by atoms with Crippen molar-refractivity contribution in [1.82, 2.24) is 20.6 Å².